The first-order valence-corrected chi connectivity index (χ1v) is 12.0. The van der Waals surface area contributed by atoms with E-state index in [9.17, 15) is 14.9 Å². The Morgan fingerprint density at radius 2 is 1.59 bits per heavy atom. The summed E-state index contributed by atoms with van der Waals surface area (Å²) in [5.41, 5.74) is 1.47. The second-order valence-electron chi connectivity index (χ2n) is 8.59. The van der Waals surface area contributed by atoms with Crippen LogP contribution in [0.15, 0.2) is 119 Å². The molecular formula is C30H19N5O4. The molecule has 0 spiro atoms. The molecule has 0 N–H and O–H groups in total. The zero-order valence-electron chi connectivity index (χ0n) is 20.3. The number of pyridine rings is 1. The molecule has 39 heavy (non-hydrogen) atoms. The number of benzene rings is 4. The number of rotatable bonds is 6. The molecule has 6 rings (SSSR count). The van der Waals surface area contributed by atoms with E-state index >= 15 is 0 Å². The summed E-state index contributed by atoms with van der Waals surface area (Å²) in [6.45, 7) is 0. The van der Waals surface area contributed by atoms with E-state index in [-0.39, 0.29) is 17.1 Å². The zero-order chi connectivity index (χ0) is 26.8. The van der Waals surface area contributed by atoms with Gasteiger partial charge in [-0.2, -0.15) is 9.78 Å². The first-order valence-electron chi connectivity index (χ1n) is 12.0. The molecule has 6 aromatic rings. The highest BCUT2D eigenvalue weighted by Gasteiger charge is 2.14. The first-order chi connectivity index (χ1) is 19.1. The van der Waals surface area contributed by atoms with Crippen LogP contribution in [-0.2, 0) is 0 Å². The molecule has 0 aliphatic carbocycles. The fourth-order valence-corrected chi connectivity index (χ4v) is 4.27. The number of para-hydroxylation sites is 1. The molecule has 0 atom stereocenters. The molecule has 0 amide bonds. The maximum Gasteiger partial charge on any atom is 0.287 e. The van der Waals surface area contributed by atoms with Crippen LogP contribution in [-0.4, -0.2) is 25.8 Å². The normalized spacial score (nSPS) is 11.3. The third kappa shape index (κ3) is 4.60. The van der Waals surface area contributed by atoms with Crippen LogP contribution in [0.25, 0.3) is 33.1 Å². The molecule has 9 heteroatoms. The highest BCUT2D eigenvalue weighted by atomic mass is 16.6. The fraction of sp³-hybridized carbons (Fsp3) is 0. The predicted octanol–water partition coefficient (Wildman–Crippen LogP) is 6.19. The van der Waals surface area contributed by atoms with E-state index in [0.717, 1.165) is 22.5 Å². The Bertz CT molecular complexity index is 1930. The Kier molecular flexibility index (Phi) is 6.06. The molecule has 9 nitrogen and oxygen atoms in total. The van der Waals surface area contributed by atoms with Crippen molar-refractivity contribution < 1.29 is 9.66 Å². The summed E-state index contributed by atoms with van der Waals surface area (Å²) in [6, 6.07) is 30.6. The van der Waals surface area contributed by atoms with Crippen molar-refractivity contribution in [3.05, 3.63) is 135 Å². The molecule has 0 aliphatic heterocycles. The first kappa shape index (κ1) is 23.7. The number of nitro groups is 1. The smallest absolute Gasteiger partial charge is 0.287 e. The van der Waals surface area contributed by atoms with Crippen molar-refractivity contribution in [3.63, 3.8) is 0 Å². The minimum absolute atomic E-state index is 0.140. The lowest BCUT2D eigenvalue weighted by Gasteiger charge is -2.12. The van der Waals surface area contributed by atoms with Gasteiger partial charge in [0.15, 0.2) is 5.82 Å². The number of nitrogens with zero attached hydrogens (tertiary/aromatic N) is 5. The van der Waals surface area contributed by atoms with Crippen molar-refractivity contribution in [3.8, 4) is 23.0 Å². The molecule has 188 valence electrons. The largest absolute Gasteiger partial charge is 0.438 e. The molecule has 0 aliphatic rings. The third-order valence-corrected chi connectivity index (χ3v) is 6.16. The van der Waals surface area contributed by atoms with Crippen LogP contribution in [0, 0.1) is 10.1 Å². The van der Waals surface area contributed by atoms with Gasteiger partial charge in [0, 0.05) is 23.3 Å². The summed E-state index contributed by atoms with van der Waals surface area (Å²) >= 11 is 0. The van der Waals surface area contributed by atoms with Crippen molar-refractivity contribution in [2.75, 3.05) is 0 Å². The van der Waals surface area contributed by atoms with E-state index < -0.39 is 4.92 Å². The summed E-state index contributed by atoms with van der Waals surface area (Å²) in [6.07, 6.45) is 2.70. The average Bonchev–Trinajstić information content (AvgIpc) is 2.98. The van der Waals surface area contributed by atoms with Crippen molar-refractivity contribution in [2.45, 2.75) is 0 Å². The molecule has 4 aromatic carbocycles. The van der Waals surface area contributed by atoms with Gasteiger partial charge in [-0.15, -0.1) is 0 Å². The topological polar surface area (TPSA) is 113 Å². The fourth-order valence-electron chi connectivity index (χ4n) is 4.27. The van der Waals surface area contributed by atoms with E-state index in [1.54, 1.807) is 30.5 Å². The highest BCUT2D eigenvalue weighted by Crippen LogP contribution is 2.30. The third-order valence-electron chi connectivity index (χ3n) is 6.16. The molecule has 0 radical (unpaired) electrons. The quantitative estimate of drug-likeness (QED) is 0.149. The number of ether oxygens (including phenoxy) is 1. The Labute approximate surface area is 221 Å². The SMILES string of the molecule is O=c1c2ccccc2nc(-c2ccccc2)n1N=Cc1c(Oc2ccc([N+](=O)[O-])cn2)ccc2ccccc12. The molecule has 0 bridgehead atoms. The average molecular weight is 514 g/mol. The minimum atomic E-state index is -0.523. The van der Waals surface area contributed by atoms with E-state index in [1.165, 1.54) is 16.8 Å². The van der Waals surface area contributed by atoms with Crippen molar-refractivity contribution in [1.29, 1.82) is 0 Å². The summed E-state index contributed by atoms with van der Waals surface area (Å²) in [5.74, 6) is 0.997. The summed E-state index contributed by atoms with van der Waals surface area (Å²) in [7, 11) is 0. The summed E-state index contributed by atoms with van der Waals surface area (Å²) in [5, 5.41) is 17.8. The lowest BCUT2D eigenvalue weighted by molar-refractivity contribution is -0.385. The number of hydrogen-bond donors (Lipinski definition) is 0. The molecule has 0 unspecified atom stereocenters. The van der Waals surface area contributed by atoms with Gasteiger partial charge in [0.05, 0.1) is 22.0 Å². The van der Waals surface area contributed by atoms with Gasteiger partial charge in [0.2, 0.25) is 5.88 Å². The summed E-state index contributed by atoms with van der Waals surface area (Å²) < 4.78 is 7.31. The Hall–Kier alpha value is -5.70. The maximum atomic E-state index is 13.6. The van der Waals surface area contributed by atoms with Gasteiger partial charge in [-0.25, -0.2) is 9.97 Å². The summed E-state index contributed by atoms with van der Waals surface area (Å²) in [4.78, 5) is 32.9. The number of aromatic nitrogens is 3. The molecule has 0 fully saturated rings. The predicted molar refractivity (Wildman–Crippen MR) is 149 cm³/mol. The van der Waals surface area contributed by atoms with Crippen LogP contribution in [0.4, 0.5) is 5.69 Å². The zero-order valence-corrected chi connectivity index (χ0v) is 20.3. The van der Waals surface area contributed by atoms with Crippen molar-refractivity contribution >= 4 is 33.6 Å². The molecule has 2 aromatic heterocycles. The standard InChI is InChI=1S/C30H19N5O4/c36-30-24-12-6-7-13-26(24)33-29(21-9-2-1-3-10-21)34(30)32-19-25-23-11-5-4-8-20(23)14-16-27(25)39-28-17-15-22(18-31-28)35(37)38/h1-19H. The van der Waals surface area contributed by atoms with Crippen molar-refractivity contribution in [2.24, 2.45) is 5.10 Å². The van der Waals surface area contributed by atoms with Crippen LogP contribution in [0.5, 0.6) is 11.6 Å². The molecule has 0 saturated carbocycles. The molecule has 2 heterocycles. The van der Waals surface area contributed by atoms with Gasteiger partial charge < -0.3 is 4.74 Å². The monoisotopic (exact) mass is 513 g/mol. The van der Waals surface area contributed by atoms with Crippen LogP contribution >= 0.6 is 0 Å². The minimum Gasteiger partial charge on any atom is -0.438 e. The van der Waals surface area contributed by atoms with E-state index in [1.807, 2.05) is 66.7 Å². The van der Waals surface area contributed by atoms with Crippen LogP contribution in [0.3, 0.4) is 0 Å². The Morgan fingerprint density at radius 3 is 2.36 bits per heavy atom. The molecular weight excluding hydrogens is 494 g/mol. The van der Waals surface area contributed by atoms with Gasteiger partial charge in [-0.3, -0.25) is 14.9 Å². The van der Waals surface area contributed by atoms with E-state index in [2.05, 4.69) is 10.1 Å². The second-order valence-corrected chi connectivity index (χ2v) is 8.59. The van der Waals surface area contributed by atoms with Crippen LogP contribution < -0.4 is 10.3 Å². The lowest BCUT2D eigenvalue weighted by atomic mass is 10.0. The van der Waals surface area contributed by atoms with E-state index in [0.29, 0.717) is 28.0 Å². The van der Waals surface area contributed by atoms with Gasteiger partial charge in [-0.05, 0) is 29.0 Å². The Morgan fingerprint density at radius 1 is 0.846 bits per heavy atom. The Balaban J connectivity index is 1.51. The van der Waals surface area contributed by atoms with E-state index in [4.69, 9.17) is 9.72 Å². The lowest BCUT2D eigenvalue weighted by Crippen LogP contribution is -2.20. The van der Waals surface area contributed by atoms with Crippen molar-refractivity contribution in [1.82, 2.24) is 14.6 Å². The van der Waals surface area contributed by atoms with Gasteiger partial charge in [-0.1, -0.05) is 72.8 Å². The van der Waals surface area contributed by atoms with Crippen LogP contribution in [0.2, 0.25) is 0 Å². The highest BCUT2D eigenvalue weighted by molar-refractivity contribution is 6.02. The maximum absolute atomic E-state index is 13.6. The van der Waals surface area contributed by atoms with Gasteiger partial charge in [0.1, 0.15) is 11.9 Å². The van der Waals surface area contributed by atoms with Crippen LogP contribution in [0.1, 0.15) is 5.56 Å². The van der Waals surface area contributed by atoms with Gasteiger partial charge in [0.25, 0.3) is 11.2 Å². The van der Waals surface area contributed by atoms with Gasteiger partial charge >= 0.3 is 0 Å². The number of fused-ring (bicyclic) bond motifs is 2. The number of hydrogen-bond acceptors (Lipinski definition) is 7. The molecule has 0 saturated heterocycles. The second kappa shape index (κ2) is 9.98.